The third-order valence-electron chi connectivity index (χ3n) is 3.14. The van der Waals surface area contributed by atoms with E-state index < -0.39 is 0 Å². The molecule has 0 spiro atoms. The Balaban J connectivity index is 2.13. The average molecular weight is 288 g/mol. The van der Waals surface area contributed by atoms with Crippen molar-refractivity contribution in [3.8, 4) is 0 Å². The van der Waals surface area contributed by atoms with Gasteiger partial charge < -0.3 is 4.90 Å². The first kappa shape index (κ1) is 14.6. The van der Waals surface area contributed by atoms with Crippen LogP contribution in [0.25, 0.3) is 0 Å². The van der Waals surface area contributed by atoms with Gasteiger partial charge in [0.1, 0.15) is 0 Å². The minimum Gasteiger partial charge on any atom is -0.383 e. The maximum Gasteiger partial charge on any atom is 0.185 e. The molecule has 0 amide bonds. The molecule has 0 saturated heterocycles. The fourth-order valence-electron chi connectivity index (χ4n) is 2.16. The summed E-state index contributed by atoms with van der Waals surface area (Å²) in [7, 11) is 3.95. The molecule has 3 heteroatoms. The summed E-state index contributed by atoms with van der Waals surface area (Å²) in [5.74, 6) is 0.00704. The third kappa shape index (κ3) is 3.61. The quantitative estimate of drug-likeness (QED) is 0.612. The monoisotopic (exact) mass is 287 g/mol. The fourth-order valence-corrected chi connectivity index (χ4v) is 2.46. The van der Waals surface area contributed by atoms with Gasteiger partial charge in [-0.3, -0.25) is 4.79 Å². The van der Waals surface area contributed by atoms with E-state index in [0.717, 1.165) is 29.0 Å². The van der Waals surface area contributed by atoms with Crippen LogP contribution in [0, 0.1) is 0 Å². The molecular weight excluding hydrogens is 270 g/mol. The molecule has 0 radical (unpaired) electrons. The minimum absolute atomic E-state index is 0.00704. The molecule has 1 aromatic carbocycles. The molecule has 0 bridgehead atoms. The predicted octanol–water partition coefficient (Wildman–Crippen LogP) is 4.16. The molecule has 0 saturated carbocycles. The lowest BCUT2D eigenvalue weighted by atomic mass is 10.1. The van der Waals surface area contributed by atoms with Gasteiger partial charge in [0.25, 0.3) is 0 Å². The summed E-state index contributed by atoms with van der Waals surface area (Å²) >= 11 is 6.34. The number of hydrogen-bond acceptors (Lipinski definition) is 2. The summed E-state index contributed by atoms with van der Waals surface area (Å²) in [6, 6.07) is 9.25. The second-order valence-corrected chi connectivity index (χ2v) is 5.40. The van der Waals surface area contributed by atoms with Crippen molar-refractivity contribution in [1.82, 2.24) is 4.90 Å². The van der Waals surface area contributed by atoms with Crippen LogP contribution in [0.1, 0.15) is 23.2 Å². The lowest BCUT2D eigenvalue weighted by Gasteiger charge is -2.06. The zero-order valence-corrected chi connectivity index (χ0v) is 12.5. The van der Waals surface area contributed by atoms with Gasteiger partial charge in [-0.25, -0.2) is 0 Å². The first-order valence-electron chi connectivity index (χ1n) is 6.61. The molecule has 2 nitrogen and oxygen atoms in total. The molecule has 0 fully saturated rings. The van der Waals surface area contributed by atoms with Crippen molar-refractivity contribution < 1.29 is 4.79 Å². The van der Waals surface area contributed by atoms with Gasteiger partial charge in [0, 0.05) is 30.9 Å². The molecule has 0 unspecified atom stereocenters. The van der Waals surface area contributed by atoms with Gasteiger partial charge in [-0.05, 0) is 30.1 Å². The molecule has 0 heterocycles. The van der Waals surface area contributed by atoms with E-state index in [9.17, 15) is 4.79 Å². The molecule has 1 aliphatic carbocycles. The van der Waals surface area contributed by atoms with Crippen LogP contribution < -0.4 is 0 Å². The van der Waals surface area contributed by atoms with E-state index in [1.165, 1.54) is 0 Å². The van der Waals surface area contributed by atoms with E-state index in [-0.39, 0.29) is 5.78 Å². The SMILES string of the molecule is CN(C)/C=C1\CCC(/C=C/C(=O)c2ccccc2)=C1Cl. The summed E-state index contributed by atoms with van der Waals surface area (Å²) < 4.78 is 0. The van der Waals surface area contributed by atoms with E-state index in [1.54, 1.807) is 6.08 Å². The lowest BCUT2D eigenvalue weighted by Crippen LogP contribution is -2.02. The lowest BCUT2D eigenvalue weighted by molar-refractivity contribution is 0.104. The highest BCUT2D eigenvalue weighted by Gasteiger charge is 2.16. The second-order valence-electron chi connectivity index (χ2n) is 5.02. The molecule has 0 N–H and O–H groups in total. The van der Waals surface area contributed by atoms with Gasteiger partial charge in [0.2, 0.25) is 0 Å². The number of benzene rings is 1. The predicted molar refractivity (Wildman–Crippen MR) is 83.8 cm³/mol. The molecule has 2 rings (SSSR count). The first-order valence-corrected chi connectivity index (χ1v) is 6.99. The van der Waals surface area contributed by atoms with Crippen molar-refractivity contribution in [2.24, 2.45) is 0 Å². The molecule has 1 aliphatic rings. The Bertz CT molecular complexity index is 582. The normalized spacial score (nSPS) is 17.2. The average Bonchev–Trinajstić information content (AvgIpc) is 2.77. The molecule has 104 valence electrons. The minimum atomic E-state index is 0.00704. The maximum atomic E-state index is 12.0. The summed E-state index contributed by atoms with van der Waals surface area (Å²) in [5, 5.41) is 0.774. The summed E-state index contributed by atoms with van der Waals surface area (Å²) in [5.41, 5.74) is 2.86. The third-order valence-corrected chi connectivity index (χ3v) is 3.62. The standard InChI is InChI=1S/C17H18ClNO/c1-19(2)12-15-9-8-14(17(15)18)10-11-16(20)13-6-4-3-5-7-13/h3-7,10-12H,8-9H2,1-2H3/b11-10+,15-12+. The zero-order valence-electron chi connectivity index (χ0n) is 11.8. The molecule has 0 atom stereocenters. The number of carbonyl (C=O) groups is 1. The topological polar surface area (TPSA) is 20.3 Å². The van der Waals surface area contributed by atoms with Gasteiger partial charge in [-0.15, -0.1) is 0 Å². The van der Waals surface area contributed by atoms with Crippen LogP contribution in [0.3, 0.4) is 0 Å². The van der Waals surface area contributed by atoms with Gasteiger partial charge in [0.15, 0.2) is 5.78 Å². The Morgan fingerprint density at radius 2 is 1.90 bits per heavy atom. The van der Waals surface area contributed by atoms with E-state index >= 15 is 0 Å². The summed E-state index contributed by atoms with van der Waals surface area (Å²) in [6.07, 6.45) is 7.29. The van der Waals surface area contributed by atoms with Crippen molar-refractivity contribution in [3.63, 3.8) is 0 Å². The molecule has 0 aromatic heterocycles. The highest BCUT2D eigenvalue weighted by Crippen LogP contribution is 2.34. The summed E-state index contributed by atoms with van der Waals surface area (Å²) in [4.78, 5) is 14.0. The Kier molecular flexibility index (Phi) is 4.80. The van der Waals surface area contributed by atoms with Crippen LogP contribution in [0.15, 0.2) is 64.9 Å². The largest absolute Gasteiger partial charge is 0.383 e. The first-order chi connectivity index (χ1) is 9.58. The number of halogens is 1. The van der Waals surface area contributed by atoms with Crippen LogP contribution in [0.4, 0.5) is 0 Å². The van der Waals surface area contributed by atoms with E-state index in [0.29, 0.717) is 5.56 Å². The molecular formula is C17H18ClNO. The maximum absolute atomic E-state index is 12.0. The number of nitrogens with zero attached hydrogens (tertiary/aromatic N) is 1. The zero-order chi connectivity index (χ0) is 14.5. The van der Waals surface area contributed by atoms with Gasteiger partial charge in [-0.1, -0.05) is 48.0 Å². The van der Waals surface area contributed by atoms with Crippen LogP contribution >= 0.6 is 11.6 Å². The van der Waals surface area contributed by atoms with E-state index in [4.69, 9.17) is 11.6 Å². The van der Waals surface area contributed by atoms with Crippen LogP contribution in [0.5, 0.6) is 0 Å². The van der Waals surface area contributed by atoms with Gasteiger partial charge in [0.05, 0.1) is 0 Å². The number of ketones is 1. The van der Waals surface area contributed by atoms with Crippen molar-refractivity contribution in [1.29, 1.82) is 0 Å². The van der Waals surface area contributed by atoms with Gasteiger partial charge >= 0.3 is 0 Å². The Morgan fingerprint density at radius 3 is 2.55 bits per heavy atom. The highest BCUT2D eigenvalue weighted by molar-refractivity contribution is 6.33. The van der Waals surface area contributed by atoms with Crippen LogP contribution in [0.2, 0.25) is 0 Å². The van der Waals surface area contributed by atoms with Gasteiger partial charge in [-0.2, -0.15) is 0 Å². The highest BCUT2D eigenvalue weighted by atomic mass is 35.5. The number of rotatable bonds is 4. The van der Waals surface area contributed by atoms with Crippen molar-refractivity contribution in [2.75, 3.05) is 14.1 Å². The number of hydrogen-bond donors (Lipinski definition) is 0. The van der Waals surface area contributed by atoms with Crippen molar-refractivity contribution >= 4 is 17.4 Å². The second kappa shape index (κ2) is 6.58. The Hall–Kier alpha value is -1.80. The van der Waals surface area contributed by atoms with E-state index in [2.05, 4.69) is 0 Å². The number of carbonyl (C=O) groups excluding carboxylic acids is 1. The van der Waals surface area contributed by atoms with E-state index in [1.807, 2.05) is 61.6 Å². The van der Waals surface area contributed by atoms with Crippen LogP contribution in [-0.4, -0.2) is 24.8 Å². The molecule has 20 heavy (non-hydrogen) atoms. The van der Waals surface area contributed by atoms with Crippen molar-refractivity contribution in [3.05, 3.63) is 70.4 Å². The Morgan fingerprint density at radius 1 is 1.20 bits per heavy atom. The molecule has 0 aliphatic heterocycles. The number of allylic oxidation sites excluding steroid dienone is 5. The van der Waals surface area contributed by atoms with Crippen molar-refractivity contribution in [2.45, 2.75) is 12.8 Å². The smallest absolute Gasteiger partial charge is 0.185 e. The molecule has 1 aromatic rings. The fraction of sp³-hybridized carbons (Fsp3) is 0.235. The Labute approximate surface area is 125 Å². The summed E-state index contributed by atoms with van der Waals surface area (Å²) in [6.45, 7) is 0. The van der Waals surface area contributed by atoms with Crippen LogP contribution in [-0.2, 0) is 0 Å².